The molecule has 0 unspecified atom stereocenters. The summed E-state index contributed by atoms with van der Waals surface area (Å²) in [4.78, 5) is 14.2. The zero-order valence-electron chi connectivity index (χ0n) is 18.3. The molecule has 1 fully saturated rings. The van der Waals surface area contributed by atoms with Crippen LogP contribution in [0.25, 0.3) is 5.65 Å². The summed E-state index contributed by atoms with van der Waals surface area (Å²) in [6.45, 7) is 8.07. The number of nitrogens with zero attached hydrogens (tertiary/aromatic N) is 6. The van der Waals surface area contributed by atoms with Crippen molar-refractivity contribution in [3.63, 3.8) is 0 Å². The van der Waals surface area contributed by atoms with E-state index in [-0.39, 0.29) is 6.85 Å². The number of rotatable bonds is 9. The van der Waals surface area contributed by atoms with E-state index in [0.29, 0.717) is 16.3 Å². The van der Waals surface area contributed by atoms with Crippen LogP contribution in [0.1, 0.15) is 12.0 Å². The summed E-state index contributed by atoms with van der Waals surface area (Å²) in [6.07, 6.45) is 5.61. The zero-order chi connectivity index (χ0) is 21.6. The van der Waals surface area contributed by atoms with Gasteiger partial charge in [0.1, 0.15) is 7.85 Å². The number of hydrogen-bond donors (Lipinski definition) is 0. The number of morpholine rings is 1. The van der Waals surface area contributed by atoms with E-state index in [1.54, 1.807) is 10.7 Å². The molecule has 1 aliphatic rings. The maximum atomic E-state index is 6.15. The van der Waals surface area contributed by atoms with Crippen LogP contribution < -0.4 is 10.3 Å². The summed E-state index contributed by atoms with van der Waals surface area (Å²) >= 11 is 1.52. The Kier molecular flexibility index (Phi) is 7.53. The fraction of sp³-hybridized carbons (Fsp3) is 0.476. The number of aromatic nitrogens is 4. The molecule has 0 amide bonds. The molecule has 0 aliphatic carbocycles. The molecule has 160 valence electrons. The molecule has 2 aromatic heterocycles. The van der Waals surface area contributed by atoms with Gasteiger partial charge in [0.05, 0.1) is 13.2 Å². The SMILES string of the molecule is [B]c1cnn2c(N(CCCN3CCOCC3)B(C)Cc3ccccc3)nc(SC)nc12. The molecule has 3 heterocycles. The Morgan fingerprint density at radius 1 is 1.19 bits per heavy atom. The molecular weight excluding hydrogens is 406 g/mol. The molecule has 1 aromatic carbocycles. The Morgan fingerprint density at radius 2 is 1.97 bits per heavy atom. The molecule has 7 nitrogen and oxygen atoms in total. The van der Waals surface area contributed by atoms with E-state index >= 15 is 0 Å². The first-order chi connectivity index (χ1) is 15.2. The second-order valence-electron chi connectivity index (χ2n) is 7.89. The molecular formula is C21H28B2N6OS. The van der Waals surface area contributed by atoms with Crippen LogP contribution in [0.5, 0.6) is 0 Å². The number of thioether (sulfide) groups is 1. The van der Waals surface area contributed by atoms with E-state index in [2.05, 4.69) is 56.9 Å². The minimum atomic E-state index is 0.241. The largest absolute Gasteiger partial charge is 0.384 e. The first-order valence-corrected chi connectivity index (χ1v) is 12.0. The first kappa shape index (κ1) is 22.2. The van der Waals surface area contributed by atoms with E-state index in [1.807, 2.05) is 6.26 Å². The van der Waals surface area contributed by atoms with Crippen molar-refractivity contribution in [1.82, 2.24) is 24.5 Å². The van der Waals surface area contributed by atoms with Gasteiger partial charge in [-0.05, 0) is 31.0 Å². The van der Waals surface area contributed by atoms with E-state index in [4.69, 9.17) is 17.6 Å². The van der Waals surface area contributed by atoms with Crippen LogP contribution in [0.4, 0.5) is 5.95 Å². The Labute approximate surface area is 190 Å². The molecule has 10 heteroatoms. The zero-order valence-corrected chi connectivity index (χ0v) is 19.1. The Bertz CT molecular complexity index is 983. The quantitative estimate of drug-likeness (QED) is 0.375. The smallest absolute Gasteiger partial charge is 0.259 e. The van der Waals surface area contributed by atoms with Crippen LogP contribution in [0.15, 0.2) is 41.7 Å². The van der Waals surface area contributed by atoms with Crippen LogP contribution in [0, 0.1) is 0 Å². The third kappa shape index (κ3) is 5.42. The van der Waals surface area contributed by atoms with Crippen LogP contribution >= 0.6 is 11.8 Å². The molecule has 1 aliphatic heterocycles. The molecule has 31 heavy (non-hydrogen) atoms. The van der Waals surface area contributed by atoms with E-state index in [0.717, 1.165) is 58.1 Å². The van der Waals surface area contributed by atoms with Gasteiger partial charge in [0.25, 0.3) is 6.85 Å². The van der Waals surface area contributed by atoms with Gasteiger partial charge < -0.3 is 9.55 Å². The molecule has 0 spiro atoms. The Hall–Kier alpha value is -2.03. The van der Waals surface area contributed by atoms with Gasteiger partial charge in [-0.1, -0.05) is 54.5 Å². The van der Waals surface area contributed by atoms with Gasteiger partial charge in [-0.15, -0.1) is 0 Å². The van der Waals surface area contributed by atoms with Crippen molar-refractivity contribution >= 4 is 43.5 Å². The molecule has 0 N–H and O–H groups in total. The maximum absolute atomic E-state index is 6.15. The van der Waals surface area contributed by atoms with Crippen LogP contribution in [0.3, 0.4) is 0 Å². The summed E-state index contributed by atoms with van der Waals surface area (Å²) in [5.74, 6) is 0.802. The monoisotopic (exact) mass is 434 g/mol. The highest BCUT2D eigenvalue weighted by molar-refractivity contribution is 7.98. The highest BCUT2D eigenvalue weighted by Crippen LogP contribution is 2.20. The van der Waals surface area contributed by atoms with Crippen molar-refractivity contribution in [3.05, 3.63) is 42.1 Å². The number of anilines is 1. The minimum absolute atomic E-state index is 0.241. The summed E-state index contributed by atoms with van der Waals surface area (Å²) in [5, 5.41) is 5.20. The van der Waals surface area contributed by atoms with Gasteiger partial charge in [-0.25, -0.2) is 4.98 Å². The average Bonchev–Trinajstić information content (AvgIpc) is 3.18. The van der Waals surface area contributed by atoms with Crippen LogP contribution in [-0.2, 0) is 11.1 Å². The standard InChI is InChI=1S/C21H28B2N6OS/c1-23(15-17-7-4-3-5-8-17)28(10-6-9-27-11-13-30-14-12-27)21-26-20(31-2)25-19-18(22)16-24-29(19)21/h3-5,7-8,16H,6,9-15H2,1-2H3. The molecule has 0 bridgehead atoms. The normalized spacial score (nSPS) is 14.8. The van der Waals surface area contributed by atoms with Crippen molar-refractivity contribution in [3.8, 4) is 0 Å². The van der Waals surface area contributed by atoms with Gasteiger partial charge >= 0.3 is 0 Å². The van der Waals surface area contributed by atoms with Crippen LogP contribution in [0.2, 0.25) is 6.82 Å². The Morgan fingerprint density at radius 3 is 2.71 bits per heavy atom. The van der Waals surface area contributed by atoms with Crippen molar-refractivity contribution in [2.75, 3.05) is 50.5 Å². The molecule has 4 rings (SSSR count). The second kappa shape index (κ2) is 10.5. The number of benzene rings is 1. The lowest BCUT2D eigenvalue weighted by Gasteiger charge is -2.31. The number of ether oxygens (including phenoxy) is 1. The third-order valence-corrected chi connectivity index (χ3v) is 6.23. The fourth-order valence-electron chi connectivity index (χ4n) is 4.01. The van der Waals surface area contributed by atoms with Gasteiger partial charge in [0.15, 0.2) is 10.8 Å². The van der Waals surface area contributed by atoms with E-state index in [1.165, 1.54) is 17.3 Å². The lowest BCUT2D eigenvalue weighted by Crippen LogP contribution is -2.44. The van der Waals surface area contributed by atoms with Crippen molar-refractivity contribution < 1.29 is 4.74 Å². The van der Waals surface area contributed by atoms with Crippen LogP contribution in [-0.4, -0.2) is 84.8 Å². The van der Waals surface area contributed by atoms with E-state index in [9.17, 15) is 0 Å². The maximum Gasteiger partial charge on any atom is 0.259 e. The predicted molar refractivity (Wildman–Crippen MR) is 129 cm³/mol. The minimum Gasteiger partial charge on any atom is -0.384 e. The fourth-order valence-corrected chi connectivity index (χ4v) is 4.36. The molecule has 1 saturated heterocycles. The Balaban J connectivity index is 1.60. The molecule has 2 radical (unpaired) electrons. The average molecular weight is 434 g/mol. The lowest BCUT2D eigenvalue weighted by molar-refractivity contribution is 0.0377. The second-order valence-corrected chi connectivity index (χ2v) is 8.66. The summed E-state index contributed by atoms with van der Waals surface area (Å²) in [6, 6.07) is 10.6. The summed E-state index contributed by atoms with van der Waals surface area (Å²) in [5.41, 5.74) is 2.55. The molecule has 0 atom stereocenters. The summed E-state index contributed by atoms with van der Waals surface area (Å²) < 4.78 is 7.27. The van der Waals surface area contributed by atoms with Gasteiger partial charge in [0, 0.05) is 25.8 Å². The van der Waals surface area contributed by atoms with Gasteiger partial charge in [-0.3, -0.25) is 4.90 Å². The van der Waals surface area contributed by atoms with Crippen molar-refractivity contribution in [2.24, 2.45) is 0 Å². The topological polar surface area (TPSA) is 58.8 Å². The summed E-state index contributed by atoms with van der Waals surface area (Å²) in [7, 11) is 6.15. The highest BCUT2D eigenvalue weighted by Gasteiger charge is 2.25. The van der Waals surface area contributed by atoms with Gasteiger partial charge in [0.2, 0.25) is 5.95 Å². The first-order valence-electron chi connectivity index (χ1n) is 10.8. The van der Waals surface area contributed by atoms with Gasteiger partial charge in [-0.2, -0.15) is 14.6 Å². The third-order valence-electron chi connectivity index (χ3n) is 5.68. The van der Waals surface area contributed by atoms with Crippen molar-refractivity contribution in [2.45, 2.75) is 24.7 Å². The predicted octanol–water partition coefficient (Wildman–Crippen LogP) is 1.57. The van der Waals surface area contributed by atoms with Crippen molar-refractivity contribution in [1.29, 1.82) is 0 Å². The number of fused-ring (bicyclic) bond motifs is 1. The lowest BCUT2D eigenvalue weighted by atomic mass is 9.58. The number of hydrogen-bond acceptors (Lipinski definition) is 7. The van der Waals surface area contributed by atoms with E-state index < -0.39 is 0 Å². The highest BCUT2D eigenvalue weighted by atomic mass is 32.2. The molecule has 0 saturated carbocycles. The molecule has 3 aromatic rings.